The molecule has 2 nitrogen and oxygen atoms in total. The van der Waals surface area contributed by atoms with E-state index < -0.39 is 0 Å². The third kappa shape index (κ3) is 6.44. The van der Waals surface area contributed by atoms with Gasteiger partial charge in [-0.1, -0.05) is 20.8 Å². The quantitative estimate of drug-likeness (QED) is 0.727. The molecule has 0 aliphatic carbocycles. The van der Waals surface area contributed by atoms with E-state index in [2.05, 4.69) is 37.8 Å². The second-order valence-corrected chi connectivity index (χ2v) is 6.30. The van der Waals surface area contributed by atoms with E-state index in [1.54, 1.807) is 0 Å². The van der Waals surface area contributed by atoms with Gasteiger partial charge in [0.1, 0.15) is 0 Å². The van der Waals surface area contributed by atoms with E-state index in [1.165, 1.54) is 18.6 Å². The summed E-state index contributed by atoms with van der Waals surface area (Å²) in [6, 6.07) is 0. The lowest BCUT2D eigenvalue weighted by atomic mass is 10.2. The van der Waals surface area contributed by atoms with Crippen LogP contribution in [0.25, 0.3) is 0 Å². The predicted octanol–water partition coefficient (Wildman–Crippen LogP) is 2.53. The van der Waals surface area contributed by atoms with Gasteiger partial charge in [-0.05, 0) is 24.5 Å². The highest BCUT2D eigenvalue weighted by atomic mass is 32.2. The molecule has 3 heteroatoms. The van der Waals surface area contributed by atoms with Crippen molar-refractivity contribution < 1.29 is 4.74 Å². The van der Waals surface area contributed by atoms with Crippen LogP contribution in [0.2, 0.25) is 0 Å². The van der Waals surface area contributed by atoms with Crippen LogP contribution in [0.3, 0.4) is 0 Å². The minimum Gasteiger partial charge on any atom is -0.377 e. The predicted molar refractivity (Wildman–Crippen MR) is 68.6 cm³/mol. The summed E-state index contributed by atoms with van der Waals surface area (Å²) in [7, 11) is 0. The van der Waals surface area contributed by atoms with Crippen molar-refractivity contribution in [1.82, 2.24) is 5.32 Å². The van der Waals surface area contributed by atoms with E-state index in [4.69, 9.17) is 4.74 Å². The third-order valence-electron chi connectivity index (χ3n) is 2.54. The van der Waals surface area contributed by atoms with Crippen molar-refractivity contribution in [2.24, 2.45) is 5.92 Å². The van der Waals surface area contributed by atoms with Crippen LogP contribution in [-0.2, 0) is 4.74 Å². The number of rotatable bonds is 7. The zero-order valence-corrected chi connectivity index (χ0v) is 11.1. The van der Waals surface area contributed by atoms with Crippen LogP contribution in [0.15, 0.2) is 0 Å². The van der Waals surface area contributed by atoms with Gasteiger partial charge in [-0.25, -0.2) is 0 Å². The molecule has 1 aliphatic rings. The second-order valence-electron chi connectivity index (χ2n) is 4.83. The van der Waals surface area contributed by atoms with Crippen LogP contribution in [0.5, 0.6) is 0 Å². The van der Waals surface area contributed by atoms with Crippen LogP contribution >= 0.6 is 11.8 Å². The Balaban J connectivity index is 1.93. The molecule has 1 heterocycles. The number of hydrogen-bond acceptors (Lipinski definition) is 3. The molecule has 15 heavy (non-hydrogen) atoms. The lowest BCUT2D eigenvalue weighted by Gasteiger charge is -2.15. The van der Waals surface area contributed by atoms with Crippen molar-refractivity contribution >= 4 is 11.8 Å². The average molecular weight is 231 g/mol. The first kappa shape index (κ1) is 13.3. The Morgan fingerprint density at radius 1 is 1.40 bits per heavy atom. The summed E-state index contributed by atoms with van der Waals surface area (Å²) in [5.74, 6) is 2.07. The molecule has 90 valence electrons. The molecule has 1 saturated heterocycles. The molecule has 0 aromatic carbocycles. The fourth-order valence-corrected chi connectivity index (χ4v) is 2.62. The molecule has 0 saturated carbocycles. The van der Waals surface area contributed by atoms with Gasteiger partial charge in [0.25, 0.3) is 0 Å². The van der Waals surface area contributed by atoms with E-state index in [9.17, 15) is 0 Å². The molecule has 0 amide bonds. The van der Waals surface area contributed by atoms with Crippen molar-refractivity contribution in [3.63, 3.8) is 0 Å². The van der Waals surface area contributed by atoms with Gasteiger partial charge in [0.05, 0.1) is 6.10 Å². The van der Waals surface area contributed by atoms with Gasteiger partial charge in [-0.15, -0.1) is 0 Å². The van der Waals surface area contributed by atoms with Gasteiger partial charge in [0.2, 0.25) is 0 Å². The zero-order valence-electron chi connectivity index (χ0n) is 10.3. The van der Waals surface area contributed by atoms with E-state index in [0.29, 0.717) is 11.4 Å². The maximum Gasteiger partial charge on any atom is 0.0700 e. The number of nitrogens with one attached hydrogen (secondary N) is 1. The van der Waals surface area contributed by atoms with E-state index in [0.717, 1.165) is 25.6 Å². The Kier molecular flexibility index (Phi) is 6.69. The van der Waals surface area contributed by atoms with Gasteiger partial charge in [0.15, 0.2) is 0 Å². The zero-order chi connectivity index (χ0) is 11.1. The summed E-state index contributed by atoms with van der Waals surface area (Å²) in [6.07, 6.45) is 2.96. The Bertz CT molecular complexity index is 158. The molecule has 0 aromatic heterocycles. The molecule has 0 bridgehead atoms. The fourth-order valence-electron chi connectivity index (χ4n) is 1.67. The highest BCUT2D eigenvalue weighted by molar-refractivity contribution is 7.99. The molecule has 2 atom stereocenters. The topological polar surface area (TPSA) is 21.3 Å². The first-order valence-corrected chi connectivity index (χ1v) is 7.17. The Morgan fingerprint density at radius 3 is 2.80 bits per heavy atom. The van der Waals surface area contributed by atoms with E-state index in [1.807, 2.05) is 0 Å². The standard InChI is InChI=1S/C12H25NOS/c1-10(2)9-15-11(3)7-13-8-12-5-4-6-14-12/h10-13H,4-9H2,1-3H3. The molecule has 0 aromatic rings. The molecule has 1 N–H and O–H groups in total. The minimum atomic E-state index is 0.479. The van der Waals surface area contributed by atoms with Crippen molar-refractivity contribution in [2.45, 2.75) is 45.0 Å². The summed E-state index contributed by atoms with van der Waals surface area (Å²) in [5, 5.41) is 4.22. The first-order valence-electron chi connectivity index (χ1n) is 6.12. The molecule has 1 rings (SSSR count). The molecule has 1 aliphatic heterocycles. The Morgan fingerprint density at radius 2 is 2.20 bits per heavy atom. The average Bonchev–Trinajstić information content (AvgIpc) is 2.67. The Hall–Kier alpha value is 0.270. The number of ether oxygens (including phenoxy) is 1. The maximum absolute atomic E-state index is 5.56. The van der Waals surface area contributed by atoms with E-state index >= 15 is 0 Å². The number of thioether (sulfide) groups is 1. The smallest absolute Gasteiger partial charge is 0.0700 e. The summed E-state index contributed by atoms with van der Waals surface area (Å²) >= 11 is 2.06. The van der Waals surface area contributed by atoms with Crippen LogP contribution in [-0.4, -0.2) is 36.8 Å². The molecule has 0 spiro atoms. The SMILES string of the molecule is CC(C)CSC(C)CNCC1CCCO1. The van der Waals surface area contributed by atoms with Crippen LogP contribution in [0.4, 0.5) is 0 Å². The third-order valence-corrected chi connectivity index (χ3v) is 4.14. The number of hydrogen-bond donors (Lipinski definition) is 1. The summed E-state index contributed by atoms with van der Waals surface area (Å²) < 4.78 is 5.56. The molecular formula is C12H25NOS. The molecular weight excluding hydrogens is 206 g/mol. The van der Waals surface area contributed by atoms with Gasteiger partial charge in [-0.3, -0.25) is 0 Å². The Labute approximate surface area is 98.5 Å². The second kappa shape index (κ2) is 7.53. The molecule has 0 radical (unpaired) electrons. The highest BCUT2D eigenvalue weighted by Crippen LogP contribution is 2.14. The monoisotopic (exact) mass is 231 g/mol. The van der Waals surface area contributed by atoms with Crippen LogP contribution in [0.1, 0.15) is 33.6 Å². The lowest BCUT2D eigenvalue weighted by molar-refractivity contribution is 0.110. The van der Waals surface area contributed by atoms with Gasteiger partial charge in [-0.2, -0.15) is 11.8 Å². The van der Waals surface area contributed by atoms with Crippen molar-refractivity contribution in [1.29, 1.82) is 0 Å². The van der Waals surface area contributed by atoms with Crippen LogP contribution < -0.4 is 5.32 Å². The van der Waals surface area contributed by atoms with Crippen molar-refractivity contribution in [3.8, 4) is 0 Å². The normalized spacial score (nSPS) is 23.6. The minimum absolute atomic E-state index is 0.479. The van der Waals surface area contributed by atoms with Gasteiger partial charge < -0.3 is 10.1 Å². The fraction of sp³-hybridized carbons (Fsp3) is 1.00. The molecule has 2 unspecified atom stereocenters. The largest absolute Gasteiger partial charge is 0.377 e. The summed E-state index contributed by atoms with van der Waals surface area (Å²) in [4.78, 5) is 0. The summed E-state index contributed by atoms with van der Waals surface area (Å²) in [6.45, 7) is 9.96. The maximum atomic E-state index is 5.56. The molecule has 1 fully saturated rings. The van der Waals surface area contributed by atoms with Crippen molar-refractivity contribution in [2.75, 3.05) is 25.4 Å². The van der Waals surface area contributed by atoms with Gasteiger partial charge >= 0.3 is 0 Å². The van der Waals surface area contributed by atoms with Crippen molar-refractivity contribution in [3.05, 3.63) is 0 Å². The lowest BCUT2D eigenvalue weighted by Crippen LogP contribution is -2.31. The highest BCUT2D eigenvalue weighted by Gasteiger charge is 2.14. The van der Waals surface area contributed by atoms with E-state index in [-0.39, 0.29) is 0 Å². The van der Waals surface area contributed by atoms with Crippen LogP contribution in [0, 0.1) is 5.92 Å². The first-order chi connectivity index (χ1) is 7.18. The van der Waals surface area contributed by atoms with Gasteiger partial charge in [0, 0.05) is 24.9 Å². The summed E-state index contributed by atoms with van der Waals surface area (Å²) in [5.41, 5.74) is 0.